The van der Waals surface area contributed by atoms with Gasteiger partial charge in [-0.15, -0.1) is 0 Å². The highest BCUT2D eigenvalue weighted by Crippen LogP contribution is 2.26. The molecule has 5 heteroatoms. The maximum atomic E-state index is 12.2. The molecule has 2 aliphatic heterocycles. The number of hydrogen-bond acceptors (Lipinski definition) is 3. The molecule has 0 aliphatic carbocycles. The Kier molecular flexibility index (Phi) is 4.13. The largest absolute Gasteiger partial charge is 0.367 e. The van der Waals surface area contributed by atoms with Crippen molar-refractivity contribution in [2.24, 2.45) is 5.92 Å². The first-order valence-electron chi connectivity index (χ1n) is 7.22. The van der Waals surface area contributed by atoms with E-state index >= 15 is 0 Å². The molecule has 2 heterocycles. The summed E-state index contributed by atoms with van der Waals surface area (Å²) in [5, 5.41) is 4.00. The Morgan fingerprint density at radius 2 is 1.90 bits per heavy atom. The average Bonchev–Trinajstić information content (AvgIpc) is 2.43. The van der Waals surface area contributed by atoms with Crippen LogP contribution in [-0.4, -0.2) is 50.1 Å². The molecule has 1 N–H and O–H groups in total. The van der Waals surface area contributed by atoms with Gasteiger partial charge in [-0.05, 0) is 31.1 Å². The van der Waals surface area contributed by atoms with E-state index in [0.717, 1.165) is 50.0 Å². The average molecular weight is 294 g/mol. The predicted molar refractivity (Wildman–Crippen MR) is 81.2 cm³/mol. The third-order valence-electron chi connectivity index (χ3n) is 4.15. The second kappa shape index (κ2) is 6.02. The van der Waals surface area contributed by atoms with Gasteiger partial charge in [-0.2, -0.15) is 0 Å². The van der Waals surface area contributed by atoms with E-state index in [-0.39, 0.29) is 0 Å². The van der Waals surface area contributed by atoms with Gasteiger partial charge in [0.25, 0.3) is 0 Å². The monoisotopic (exact) mass is 293 g/mol. The molecule has 20 heavy (non-hydrogen) atoms. The zero-order chi connectivity index (χ0) is 13.9. The van der Waals surface area contributed by atoms with Gasteiger partial charge in [-0.25, -0.2) is 0 Å². The van der Waals surface area contributed by atoms with Gasteiger partial charge in [0, 0.05) is 32.6 Å². The molecule has 1 aromatic rings. The Balaban J connectivity index is 1.54. The molecule has 0 bridgehead atoms. The maximum absolute atomic E-state index is 12.2. The van der Waals surface area contributed by atoms with E-state index in [2.05, 4.69) is 10.2 Å². The van der Waals surface area contributed by atoms with Gasteiger partial charge in [0.15, 0.2) is 0 Å². The first-order chi connectivity index (χ1) is 9.74. The summed E-state index contributed by atoms with van der Waals surface area (Å²) in [6.07, 6.45) is 0.694. The molecule has 3 rings (SSSR count). The number of nitrogens with zero attached hydrogens (tertiary/aromatic N) is 2. The first kappa shape index (κ1) is 13.7. The van der Waals surface area contributed by atoms with Gasteiger partial charge in [0.05, 0.1) is 10.7 Å². The summed E-state index contributed by atoms with van der Waals surface area (Å²) >= 11 is 6.22. The normalized spacial score (nSPS) is 19.9. The molecule has 2 aliphatic rings. The van der Waals surface area contributed by atoms with Crippen molar-refractivity contribution in [2.45, 2.75) is 6.42 Å². The number of nitrogens with one attached hydrogen (secondary N) is 1. The van der Waals surface area contributed by atoms with Crippen molar-refractivity contribution in [1.82, 2.24) is 10.2 Å². The predicted octanol–water partition coefficient (Wildman–Crippen LogP) is 1.60. The van der Waals surface area contributed by atoms with Crippen molar-refractivity contribution in [2.75, 3.05) is 44.2 Å². The van der Waals surface area contributed by atoms with E-state index in [1.165, 1.54) is 0 Å². The minimum atomic E-state index is 0.301. The van der Waals surface area contributed by atoms with Crippen LogP contribution in [0.4, 0.5) is 5.69 Å². The van der Waals surface area contributed by atoms with E-state index in [1.54, 1.807) is 0 Å². The van der Waals surface area contributed by atoms with Crippen LogP contribution < -0.4 is 10.2 Å². The third-order valence-corrected chi connectivity index (χ3v) is 4.47. The molecular weight excluding hydrogens is 274 g/mol. The van der Waals surface area contributed by atoms with Crippen molar-refractivity contribution >= 4 is 23.2 Å². The molecule has 0 atom stereocenters. The summed E-state index contributed by atoms with van der Waals surface area (Å²) in [6, 6.07) is 7.90. The van der Waals surface area contributed by atoms with Crippen molar-refractivity contribution in [1.29, 1.82) is 0 Å². The summed E-state index contributed by atoms with van der Waals surface area (Å²) in [5.74, 6) is 0.847. The van der Waals surface area contributed by atoms with Crippen LogP contribution in [0.3, 0.4) is 0 Å². The number of carbonyl (C=O) groups excluding carboxylic acids is 1. The minimum absolute atomic E-state index is 0.301. The molecule has 1 aromatic carbocycles. The van der Waals surface area contributed by atoms with Crippen LogP contribution in [0.15, 0.2) is 24.3 Å². The van der Waals surface area contributed by atoms with Gasteiger partial charge in [0.1, 0.15) is 0 Å². The Morgan fingerprint density at radius 3 is 2.50 bits per heavy atom. The lowest BCUT2D eigenvalue weighted by Crippen LogP contribution is -2.51. The lowest BCUT2D eigenvalue weighted by atomic mass is 9.98. The standard InChI is InChI=1S/C15H20ClN3O/c16-13-3-1-2-4-14(13)18-5-7-19(8-6-18)15(20)9-12-10-17-11-12/h1-4,12,17H,5-11H2. The fraction of sp³-hybridized carbons (Fsp3) is 0.533. The highest BCUT2D eigenvalue weighted by atomic mass is 35.5. The van der Waals surface area contributed by atoms with Crippen LogP contribution in [0, 0.1) is 5.92 Å². The van der Waals surface area contributed by atoms with Crippen molar-refractivity contribution < 1.29 is 4.79 Å². The Bertz CT molecular complexity index is 482. The van der Waals surface area contributed by atoms with E-state index in [0.29, 0.717) is 18.2 Å². The number of amides is 1. The molecule has 0 saturated carbocycles. The van der Waals surface area contributed by atoms with Crippen molar-refractivity contribution in [3.8, 4) is 0 Å². The summed E-state index contributed by atoms with van der Waals surface area (Å²) in [6.45, 7) is 5.29. The fourth-order valence-electron chi connectivity index (χ4n) is 2.77. The number of benzene rings is 1. The third kappa shape index (κ3) is 2.91. The molecule has 0 unspecified atom stereocenters. The van der Waals surface area contributed by atoms with Crippen molar-refractivity contribution in [3.05, 3.63) is 29.3 Å². The first-order valence-corrected chi connectivity index (χ1v) is 7.60. The van der Waals surface area contributed by atoms with Gasteiger partial charge in [0.2, 0.25) is 5.91 Å². The number of anilines is 1. The van der Waals surface area contributed by atoms with E-state index < -0.39 is 0 Å². The highest BCUT2D eigenvalue weighted by Gasteiger charge is 2.26. The summed E-state index contributed by atoms with van der Waals surface area (Å²) in [4.78, 5) is 16.4. The van der Waals surface area contributed by atoms with Crippen LogP contribution >= 0.6 is 11.6 Å². The van der Waals surface area contributed by atoms with Gasteiger partial charge in [-0.3, -0.25) is 4.79 Å². The molecule has 2 saturated heterocycles. The maximum Gasteiger partial charge on any atom is 0.223 e. The zero-order valence-electron chi connectivity index (χ0n) is 11.5. The number of halogens is 1. The lowest BCUT2D eigenvalue weighted by molar-refractivity contribution is -0.132. The van der Waals surface area contributed by atoms with Crippen LogP contribution in [0.25, 0.3) is 0 Å². The van der Waals surface area contributed by atoms with Gasteiger partial charge >= 0.3 is 0 Å². The zero-order valence-corrected chi connectivity index (χ0v) is 12.3. The molecule has 0 spiro atoms. The summed E-state index contributed by atoms with van der Waals surface area (Å²) in [7, 11) is 0. The molecule has 4 nitrogen and oxygen atoms in total. The molecular formula is C15H20ClN3O. The van der Waals surface area contributed by atoms with E-state index in [4.69, 9.17) is 11.6 Å². The minimum Gasteiger partial charge on any atom is -0.367 e. The molecule has 108 valence electrons. The van der Waals surface area contributed by atoms with E-state index in [1.807, 2.05) is 29.2 Å². The quantitative estimate of drug-likeness (QED) is 0.919. The van der Waals surface area contributed by atoms with Crippen LogP contribution in [-0.2, 0) is 4.79 Å². The Hall–Kier alpha value is -1.26. The number of carbonyl (C=O) groups is 1. The second-order valence-electron chi connectivity index (χ2n) is 5.55. The fourth-order valence-corrected chi connectivity index (χ4v) is 3.03. The molecule has 1 amide bonds. The number of piperazine rings is 1. The highest BCUT2D eigenvalue weighted by molar-refractivity contribution is 6.33. The van der Waals surface area contributed by atoms with Gasteiger partial charge < -0.3 is 15.1 Å². The van der Waals surface area contributed by atoms with Crippen LogP contribution in [0.1, 0.15) is 6.42 Å². The van der Waals surface area contributed by atoms with Crippen LogP contribution in [0.2, 0.25) is 5.02 Å². The van der Waals surface area contributed by atoms with Crippen LogP contribution in [0.5, 0.6) is 0 Å². The summed E-state index contributed by atoms with van der Waals surface area (Å²) < 4.78 is 0. The number of hydrogen-bond donors (Lipinski definition) is 1. The summed E-state index contributed by atoms with van der Waals surface area (Å²) in [5.41, 5.74) is 1.07. The SMILES string of the molecule is O=C(CC1CNC1)N1CCN(c2ccccc2Cl)CC1. The topological polar surface area (TPSA) is 35.6 Å². The number of rotatable bonds is 3. The molecule has 2 fully saturated rings. The number of para-hydroxylation sites is 1. The molecule has 0 aromatic heterocycles. The van der Waals surface area contributed by atoms with Gasteiger partial charge in [-0.1, -0.05) is 23.7 Å². The Morgan fingerprint density at radius 1 is 1.20 bits per heavy atom. The second-order valence-corrected chi connectivity index (χ2v) is 5.95. The Labute approximate surface area is 124 Å². The molecule has 0 radical (unpaired) electrons. The lowest BCUT2D eigenvalue weighted by Gasteiger charge is -2.37. The van der Waals surface area contributed by atoms with E-state index in [9.17, 15) is 4.79 Å². The smallest absolute Gasteiger partial charge is 0.223 e. The van der Waals surface area contributed by atoms with Crippen molar-refractivity contribution in [3.63, 3.8) is 0 Å².